The molecular weight excluding hydrogens is 386 g/mol. The number of rotatable bonds is 6. The number of hydrogen-bond donors (Lipinski definition) is 2. The van der Waals surface area contributed by atoms with Gasteiger partial charge in [-0.05, 0) is 36.2 Å². The molecule has 8 heteroatoms. The van der Waals surface area contributed by atoms with Crippen molar-refractivity contribution in [1.29, 1.82) is 0 Å². The predicted octanol–water partition coefficient (Wildman–Crippen LogP) is 2.08. The highest BCUT2D eigenvalue weighted by Gasteiger charge is 2.39. The van der Waals surface area contributed by atoms with Crippen LogP contribution in [-0.2, 0) is 22.7 Å². The third-order valence-corrected chi connectivity index (χ3v) is 5.29. The number of methoxy groups -OCH3 is 2. The fraction of sp³-hybridized carbons (Fsp3) is 0.318. The Morgan fingerprint density at radius 2 is 1.90 bits per heavy atom. The van der Waals surface area contributed by atoms with E-state index >= 15 is 0 Å². The Hall–Kier alpha value is -3.55. The van der Waals surface area contributed by atoms with Crippen molar-refractivity contribution in [3.63, 3.8) is 0 Å². The quantitative estimate of drug-likeness (QED) is 0.708. The van der Waals surface area contributed by atoms with E-state index in [4.69, 9.17) is 10.8 Å². The predicted molar refractivity (Wildman–Crippen MR) is 109 cm³/mol. The van der Waals surface area contributed by atoms with Gasteiger partial charge in [-0.1, -0.05) is 6.07 Å². The maximum Gasteiger partial charge on any atom is 0.255 e. The van der Waals surface area contributed by atoms with Gasteiger partial charge < -0.3 is 19.7 Å². The maximum atomic E-state index is 13.0. The summed E-state index contributed by atoms with van der Waals surface area (Å²) in [6.45, 7) is 0.573. The van der Waals surface area contributed by atoms with Crippen LogP contribution in [0.15, 0.2) is 36.4 Å². The fourth-order valence-electron chi connectivity index (χ4n) is 3.75. The first kappa shape index (κ1) is 18.5. The molecule has 0 radical (unpaired) electrons. The van der Waals surface area contributed by atoms with Crippen LogP contribution in [0.25, 0.3) is 0 Å². The molecule has 1 saturated heterocycles. The van der Waals surface area contributed by atoms with Crippen molar-refractivity contribution < 1.29 is 25.2 Å². The molecule has 2 aliphatic rings. The lowest BCUT2D eigenvalue weighted by molar-refractivity contribution is -0.136. The zero-order valence-corrected chi connectivity index (χ0v) is 16.8. The summed E-state index contributed by atoms with van der Waals surface area (Å²) in [7, 11) is 3.17. The summed E-state index contributed by atoms with van der Waals surface area (Å²) in [6, 6.07) is 9.06. The summed E-state index contributed by atoms with van der Waals surface area (Å²) in [5.74, 6) is -0.230. The van der Waals surface area contributed by atoms with Crippen LogP contribution in [0.3, 0.4) is 0 Å². The summed E-state index contributed by atoms with van der Waals surface area (Å²) < 4.78 is 19.2. The first-order chi connectivity index (χ1) is 14.9. The molecule has 4 rings (SSSR count). The van der Waals surface area contributed by atoms with E-state index in [1.807, 2.05) is 18.2 Å². The SMILES string of the molecule is [2H][C@]1(N2Cc3c(NCc4cc(OC)cc(OC)c4)cccc3C2=O)CCC(=O)NC1=O. The molecular formula is C22H23N3O5. The molecule has 0 unspecified atom stereocenters. The van der Waals surface area contributed by atoms with Crippen molar-refractivity contribution in [3.05, 3.63) is 53.1 Å². The number of nitrogens with one attached hydrogen (secondary N) is 2. The van der Waals surface area contributed by atoms with Crippen molar-refractivity contribution in [2.24, 2.45) is 0 Å². The third-order valence-electron chi connectivity index (χ3n) is 5.29. The second kappa shape index (κ2) is 8.06. The molecule has 2 heterocycles. The minimum absolute atomic E-state index is 0.0240. The summed E-state index contributed by atoms with van der Waals surface area (Å²) >= 11 is 0. The van der Waals surface area contributed by atoms with Gasteiger partial charge in [0, 0.05) is 42.4 Å². The maximum absolute atomic E-state index is 13.0. The molecule has 2 aliphatic heterocycles. The van der Waals surface area contributed by atoms with Crippen LogP contribution in [0.5, 0.6) is 11.5 Å². The van der Waals surface area contributed by atoms with Crippen molar-refractivity contribution >= 4 is 23.4 Å². The highest BCUT2D eigenvalue weighted by molar-refractivity contribution is 6.06. The van der Waals surface area contributed by atoms with E-state index in [2.05, 4.69) is 10.6 Å². The van der Waals surface area contributed by atoms with E-state index in [-0.39, 0.29) is 25.3 Å². The number of imide groups is 1. The lowest BCUT2D eigenvalue weighted by Gasteiger charge is -2.29. The Morgan fingerprint density at radius 3 is 2.57 bits per heavy atom. The average molecular weight is 410 g/mol. The molecule has 1 fully saturated rings. The van der Waals surface area contributed by atoms with Crippen molar-refractivity contribution in [2.75, 3.05) is 19.5 Å². The van der Waals surface area contributed by atoms with Crippen LogP contribution >= 0.6 is 0 Å². The zero-order valence-electron chi connectivity index (χ0n) is 17.8. The van der Waals surface area contributed by atoms with Gasteiger partial charge in [-0.2, -0.15) is 0 Å². The highest BCUT2D eigenvalue weighted by atomic mass is 16.5. The van der Waals surface area contributed by atoms with Crippen molar-refractivity contribution in [2.45, 2.75) is 31.9 Å². The Kier molecular flexibility index (Phi) is 4.96. The van der Waals surface area contributed by atoms with Gasteiger partial charge in [0.25, 0.3) is 5.91 Å². The molecule has 0 saturated carbocycles. The highest BCUT2D eigenvalue weighted by Crippen LogP contribution is 2.33. The number of anilines is 1. The minimum Gasteiger partial charge on any atom is -0.497 e. The average Bonchev–Trinajstić information content (AvgIpc) is 3.12. The molecule has 2 aromatic carbocycles. The minimum atomic E-state index is -1.80. The van der Waals surface area contributed by atoms with E-state index in [9.17, 15) is 14.4 Å². The first-order valence-corrected chi connectivity index (χ1v) is 9.59. The van der Waals surface area contributed by atoms with Gasteiger partial charge in [0.1, 0.15) is 17.5 Å². The molecule has 8 nitrogen and oxygen atoms in total. The lowest BCUT2D eigenvalue weighted by Crippen LogP contribution is -2.52. The topological polar surface area (TPSA) is 97.0 Å². The number of fused-ring (bicyclic) bond motifs is 1. The number of carbonyl (C=O) groups excluding carboxylic acids is 3. The molecule has 1 atom stereocenters. The Morgan fingerprint density at radius 1 is 1.17 bits per heavy atom. The lowest BCUT2D eigenvalue weighted by atomic mass is 10.0. The van der Waals surface area contributed by atoms with E-state index in [0.29, 0.717) is 23.6 Å². The Labute approximate surface area is 175 Å². The van der Waals surface area contributed by atoms with Crippen LogP contribution in [0.2, 0.25) is 0 Å². The van der Waals surface area contributed by atoms with Crippen molar-refractivity contribution in [3.8, 4) is 11.5 Å². The van der Waals surface area contributed by atoms with Crippen LogP contribution < -0.4 is 20.1 Å². The number of nitrogens with zero attached hydrogens (tertiary/aromatic N) is 1. The van der Waals surface area contributed by atoms with Gasteiger partial charge >= 0.3 is 0 Å². The summed E-state index contributed by atoms with van der Waals surface area (Å²) in [5, 5.41) is 5.51. The molecule has 156 valence electrons. The standard InChI is InChI=1S/C22H23N3O5/c1-29-14-8-13(9-15(10-14)30-2)11-23-18-5-3-4-16-17(18)12-25(22(16)28)19-6-7-20(26)24-21(19)27/h3-5,8-10,19,23H,6-7,11-12H2,1-2H3,(H,24,26,27)/t19-/m0/s1/i19D. The van der Waals surface area contributed by atoms with Crippen molar-refractivity contribution in [1.82, 2.24) is 10.2 Å². The molecule has 3 amide bonds. The van der Waals surface area contributed by atoms with Gasteiger partial charge in [-0.15, -0.1) is 0 Å². The molecule has 0 aromatic heterocycles. The van der Waals surface area contributed by atoms with Crippen LogP contribution in [-0.4, -0.2) is 42.9 Å². The smallest absolute Gasteiger partial charge is 0.255 e. The normalized spacial score (nSPS) is 21.1. The van der Waals surface area contributed by atoms with Gasteiger partial charge in [0.2, 0.25) is 11.8 Å². The largest absolute Gasteiger partial charge is 0.497 e. The van der Waals surface area contributed by atoms with E-state index in [0.717, 1.165) is 16.8 Å². The number of benzene rings is 2. The fourth-order valence-corrected chi connectivity index (χ4v) is 3.75. The summed E-state index contributed by atoms with van der Waals surface area (Å²) in [6.07, 6.45) is 0.00189. The zero-order chi connectivity index (χ0) is 22.2. The molecule has 30 heavy (non-hydrogen) atoms. The first-order valence-electron chi connectivity index (χ1n) is 10.1. The monoisotopic (exact) mass is 410 g/mol. The molecule has 2 aromatic rings. The molecule has 0 bridgehead atoms. The molecule has 0 spiro atoms. The number of piperidine rings is 1. The molecule has 2 N–H and O–H groups in total. The Balaban J connectivity index is 1.57. The van der Waals surface area contributed by atoms with Gasteiger partial charge in [-0.3, -0.25) is 19.7 Å². The third kappa shape index (κ3) is 3.68. The second-order valence-corrected chi connectivity index (χ2v) is 7.12. The molecule has 0 aliphatic carbocycles. The summed E-state index contributed by atoms with van der Waals surface area (Å²) in [4.78, 5) is 38.1. The van der Waals surface area contributed by atoms with E-state index in [1.54, 1.807) is 32.4 Å². The van der Waals surface area contributed by atoms with Crippen LogP contribution in [0, 0.1) is 0 Å². The van der Waals surface area contributed by atoms with Gasteiger partial charge in [-0.25, -0.2) is 0 Å². The van der Waals surface area contributed by atoms with E-state index in [1.165, 1.54) is 4.90 Å². The van der Waals surface area contributed by atoms with Gasteiger partial charge in [0.05, 0.1) is 15.6 Å². The van der Waals surface area contributed by atoms with Crippen LogP contribution in [0.4, 0.5) is 5.69 Å². The number of ether oxygens (including phenoxy) is 2. The Bertz CT molecular complexity index is 1050. The number of amides is 3. The summed E-state index contributed by atoms with van der Waals surface area (Å²) in [5.41, 5.74) is 2.84. The second-order valence-electron chi connectivity index (χ2n) is 7.12. The number of carbonyl (C=O) groups is 3. The number of hydrogen-bond acceptors (Lipinski definition) is 6. The van der Waals surface area contributed by atoms with E-state index < -0.39 is 17.8 Å². The van der Waals surface area contributed by atoms with Gasteiger partial charge in [0.15, 0.2) is 0 Å². The van der Waals surface area contributed by atoms with Crippen LogP contribution in [0.1, 0.15) is 35.7 Å².